The van der Waals surface area contributed by atoms with Crippen LogP contribution in [-0.4, -0.2) is 24.9 Å². The van der Waals surface area contributed by atoms with Crippen molar-refractivity contribution in [3.63, 3.8) is 0 Å². The van der Waals surface area contributed by atoms with Crippen molar-refractivity contribution in [1.29, 1.82) is 0 Å². The number of aromatic amines is 1. The smallest absolute Gasteiger partial charge is 0.257 e. The number of rotatable bonds is 5. The first-order valence-corrected chi connectivity index (χ1v) is 5.73. The van der Waals surface area contributed by atoms with Gasteiger partial charge in [0, 0.05) is 13.0 Å². The van der Waals surface area contributed by atoms with Gasteiger partial charge in [0.1, 0.15) is 5.82 Å². The van der Waals surface area contributed by atoms with Crippen LogP contribution in [0.1, 0.15) is 12.7 Å². The zero-order valence-corrected chi connectivity index (χ0v) is 8.76. The molecule has 0 saturated heterocycles. The Labute approximate surface area is 83.3 Å². The fourth-order valence-electron chi connectivity index (χ4n) is 0.906. The minimum Gasteiger partial charge on any atom is -0.332 e. The normalized spacial score (nSPS) is 11.5. The summed E-state index contributed by atoms with van der Waals surface area (Å²) in [6, 6.07) is 0. The number of hydrogen-bond acceptors (Lipinski definition) is 3. The van der Waals surface area contributed by atoms with Crippen molar-refractivity contribution in [3.05, 3.63) is 24.7 Å². The number of nitrogens with one attached hydrogen (secondary N) is 2. The van der Waals surface area contributed by atoms with Crippen molar-refractivity contribution in [2.75, 3.05) is 6.54 Å². The highest BCUT2D eigenvalue weighted by Crippen LogP contribution is 2.05. The Bertz CT molecular complexity index is 408. The lowest BCUT2D eigenvalue weighted by atomic mass is 10.5. The highest BCUT2D eigenvalue weighted by Gasteiger charge is 2.15. The molecule has 0 bridgehead atoms. The molecule has 1 aromatic heterocycles. The molecule has 5 nitrogen and oxygen atoms in total. The van der Waals surface area contributed by atoms with E-state index in [1.54, 1.807) is 0 Å². The molecule has 0 spiro atoms. The van der Waals surface area contributed by atoms with Crippen LogP contribution in [-0.2, 0) is 16.4 Å². The molecule has 0 radical (unpaired) electrons. The summed E-state index contributed by atoms with van der Waals surface area (Å²) in [5.41, 5.74) is 0. The van der Waals surface area contributed by atoms with Crippen molar-refractivity contribution in [3.8, 4) is 0 Å². The van der Waals surface area contributed by atoms with E-state index in [0.29, 0.717) is 12.2 Å². The van der Waals surface area contributed by atoms with Crippen LogP contribution < -0.4 is 4.72 Å². The summed E-state index contributed by atoms with van der Waals surface area (Å²) in [6.07, 6.45) is 3.47. The Kier molecular flexibility index (Phi) is 3.43. The van der Waals surface area contributed by atoms with Gasteiger partial charge in [0.05, 0.1) is 6.20 Å². The van der Waals surface area contributed by atoms with E-state index in [2.05, 4.69) is 21.3 Å². The van der Waals surface area contributed by atoms with E-state index in [0.717, 1.165) is 0 Å². The average molecular weight is 215 g/mol. The number of H-pyrrole nitrogens is 1. The summed E-state index contributed by atoms with van der Waals surface area (Å²) < 4.78 is 25.3. The highest BCUT2D eigenvalue weighted by atomic mass is 32.2. The van der Waals surface area contributed by atoms with Gasteiger partial charge in [-0.2, -0.15) is 0 Å². The molecule has 6 heteroatoms. The first-order valence-electron chi connectivity index (χ1n) is 4.24. The van der Waals surface area contributed by atoms with Gasteiger partial charge in [-0.25, -0.2) is 18.1 Å². The van der Waals surface area contributed by atoms with Gasteiger partial charge in [0.15, 0.2) is 5.03 Å². The molecule has 0 aliphatic heterocycles. The lowest BCUT2D eigenvalue weighted by molar-refractivity contribution is 0.582. The molecule has 0 atom stereocenters. The third kappa shape index (κ3) is 2.43. The number of sulfonamides is 1. The maximum Gasteiger partial charge on any atom is 0.257 e. The van der Waals surface area contributed by atoms with Gasteiger partial charge in [0.25, 0.3) is 10.0 Å². The van der Waals surface area contributed by atoms with Gasteiger partial charge >= 0.3 is 0 Å². The van der Waals surface area contributed by atoms with Crippen LogP contribution in [0.2, 0.25) is 0 Å². The van der Waals surface area contributed by atoms with Crippen molar-refractivity contribution in [1.82, 2.24) is 14.7 Å². The summed E-state index contributed by atoms with van der Waals surface area (Å²) in [4.78, 5) is 6.62. The quantitative estimate of drug-likeness (QED) is 0.700. The molecular formula is C8H13N3O2S. The molecule has 1 rings (SSSR count). The van der Waals surface area contributed by atoms with Crippen LogP contribution in [0.25, 0.3) is 0 Å². The standard InChI is InChI=1S/C8H13N3O2S/c1-3-5-10-14(12,13)8-6-9-7(4-2)11-8/h3,6,10H,1,4-5H2,2H3,(H,9,11). The van der Waals surface area contributed by atoms with Crippen LogP contribution in [0.3, 0.4) is 0 Å². The van der Waals surface area contributed by atoms with Crippen molar-refractivity contribution in [2.45, 2.75) is 18.4 Å². The van der Waals surface area contributed by atoms with Gasteiger partial charge in [-0.1, -0.05) is 13.0 Å². The highest BCUT2D eigenvalue weighted by molar-refractivity contribution is 7.89. The fraction of sp³-hybridized carbons (Fsp3) is 0.375. The summed E-state index contributed by atoms with van der Waals surface area (Å²) in [5, 5.41) is 0.0937. The lowest BCUT2D eigenvalue weighted by Crippen LogP contribution is -2.23. The Morgan fingerprint density at radius 3 is 2.93 bits per heavy atom. The van der Waals surface area contributed by atoms with Gasteiger partial charge in [-0.15, -0.1) is 6.58 Å². The molecule has 0 amide bonds. The van der Waals surface area contributed by atoms with Gasteiger partial charge in [-0.05, 0) is 0 Å². The summed E-state index contributed by atoms with van der Waals surface area (Å²) >= 11 is 0. The van der Waals surface area contributed by atoms with Gasteiger partial charge < -0.3 is 4.98 Å². The minimum atomic E-state index is -3.45. The zero-order valence-electron chi connectivity index (χ0n) is 7.95. The first-order chi connectivity index (χ1) is 6.60. The lowest BCUT2D eigenvalue weighted by Gasteiger charge is -2.00. The number of imidazole rings is 1. The summed E-state index contributed by atoms with van der Waals surface area (Å²) in [7, 11) is -3.45. The third-order valence-corrected chi connectivity index (χ3v) is 2.98. The van der Waals surface area contributed by atoms with E-state index < -0.39 is 10.0 Å². The molecule has 2 N–H and O–H groups in total. The number of aromatic nitrogens is 2. The first kappa shape index (κ1) is 10.9. The van der Waals surface area contributed by atoms with Crippen LogP contribution >= 0.6 is 0 Å². The molecule has 0 fully saturated rings. The summed E-state index contributed by atoms with van der Waals surface area (Å²) in [5.74, 6) is 0.656. The van der Waals surface area contributed by atoms with E-state index >= 15 is 0 Å². The predicted octanol–water partition coefficient (Wildman–Crippen LogP) is 0.436. The Balaban J connectivity index is 2.86. The van der Waals surface area contributed by atoms with Gasteiger partial charge in [0.2, 0.25) is 0 Å². The SMILES string of the molecule is C=CCNS(=O)(=O)c1cnc(CC)[nH]1. The Morgan fingerprint density at radius 2 is 2.43 bits per heavy atom. The molecule has 78 valence electrons. The van der Waals surface area contributed by atoms with Crippen molar-refractivity contribution < 1.29 is 8.42 Å². The van der Waals surface area contributed by atoms with Crippen molar-refractivity contribution >= 4 is 10.0 Å². The molecule has 14 heavy (non-hydrogen) atoms. The third-order valence-electron chi connectivity index (χ3n) is 1.65. The maximum atomic E-state index is 11.5. The van der Waals surface area contributed by atoms with E-state index in [-0.39, 0.29) is 11.6 Å². The second-order valence-electron chi connectivity index (χ2n) is 2.69. The fourth-order valence-corrected chi connectivity index (χ4v) is 1.84. The largest absolute Gasteiger partial charge is 0.332 e. The van der Waals surface area contributed by atoms with Crippen LogP contribution in [0.5, 0.6) is 0 Å². The summed E-state index contributed by atoms with van der Waals surface area (Å²) in [6.45, 7) is 5.53. The average Bonchev–Trinajstić information content (AvgIpc) is 2.63. The second kappa shape index (κ2) is 4.39. The van der Waals surface area contributed by atoms with Crippen LogP contribution in [0.15, 0.2) is 23.9 Å². The molecule has 0 unspecified atom stereocenters. The number of hydrogen-bond donors (Lipinski definition) is 2. The van der Waals surface area contributed by atoms with E-state index in [1.165, 1.54) is 12.3 Å². The van der Waals surface area contributed by atoms with Crippen molar-refractivity contribution in [2.24, 2.45) is 0 Å². The molecular weight excluding hydrogens is 202 g/mol. The molecule has 1 aromatic rings. The molecule has 0 aliphatic carbocycles. The van der Waals surface area contributed by atoms with Gasteiger partial charge in [-0.3, -0.25) is 0 Å². The Morgan fingerprint density at radius 1 is 1.71 bits per heavy atom. The maximum absolute atomic E-state index is 11.5. The predicted molar refractivity (Wildman–Crippen MR) is 53.4 cm³/mol. The number of nitrogens with zero attached hydrogens (tertiary/aromatic N) is 1. The van der Waals surface area contributed by atoms with E-state index in [4.69, 9.17) is 0 Å². The van der Waals surface area contributed by atoms with Crippen LogP contribution in [0.4, 0.5) is 0 Å². The molecule has 0 aliphatic rings. The molecule has 0 aromatic carbocycles. The monoisotopic (exact) mass is 215 g/mol. The Hall–Kier alpha value is -1.14. The number of aryl methyl sites for hydroxylation is 1. The van der Waals surface area contributed by atoms with Crippen LogP contribution in [0, 0.1) is 0 Å². The molecule has 0 saturated carbocycles. The minimum absolute atomic E-state index is 0.0937. The zero-order chi connectivity index (χ0) is 10.6. The van der Waals surface area contributed by atoms with E-state index in [1.807, 2.05) is 6.92 Å². The topological polar surface area (TPSA) is 74.8 Å². The van der Waals surface area contributed by atoms with E-state index in [9.17, 15) is 8.42 Å². The molecule has 1 heterocycles. The second-order valence-corrected chi connectivity index (χ2v) is 4.42.